The number of ether oxygens (including phenoxy) is 1. The predicted molar refractivity (Wildman–Crippen MR) is 79.4 cm³/mol. The fourth-order valence-electron chi connectivity index (χ4n) is 1.85. The van der Waals surface area contributed by atoms with Gasteiger partial charge in [-0.3, -0.25) is 4.79 Å². The lowest BCUT2D eigenvalue weighted by Gasteiger charge is -2.15. The fraction of sp³-hybridized carbons (Fsp3) is 0.429. The normalized spacial score (nSPS) is 12.2. The predicted octanol–water partition coefficient (Wildman–Crippen LogP) is 2.49. The third-order valence-corrected chi connectivity index (χ3v) is 3.27. The average Bonchev–Trinajstić information content (AvgIpc) is 2.96. The average molecular weight is 325 g/mol. The number of pyridine rings is 1. The molecule has 0 aliphatic heterocycles. The summed E-state index contributed by atoms with van der Waals surface area (Å²) in [6, 6.07) is 3.27. The third-order valence-electron chi connectivity index (χ3n) is 2.97. The second kappa shape index (κ2) is 7.33. The standard InChI is InChI=1S/C14H17ClN4O3/c1-4-21-9(2)13-17-11(22-18-13)8-19(3)14(20)10-6-5-7-16-12(10)15/h5-7,9H,4,8H2,1-3H3. The molecular weight excluding hydrogens is 308 g/mol. The second-order valence-corrected chi connectivity index (χ2v) is 5.00. The van der Waals surface area contributed by atoms with Gasteiger partial charge in [-0.25, -0.2) is 4.98 Å². The Kier molecular flexibility index (Phi) is 5.46. The van der Waals surface area contributed by atoms with Crippen LogP contribution in [0.3, 0.4) is 0 Å². The molecule has 0 saturated heterocycles. The lowest BCUT2D eigenvalue weighted by Crippen LogP contribution is -2.26. The first-order chi connectivity index (χ1) is 10.5. The van der Waals surface area contributed by atoms with Gasteiger partial charge in [-0.1, -0.05) is 16.8 Å². The smallest absolute Gasteiger partial charge is 0.257 e. The zero-order chi connectivity index (χ0) is 16.1. The molecule has 2 aromatic heterocycles. The van der Waals surface area contributed by atoms with Crippen molar-refractivity contribution < 1.29 is 14.1 Å². The van der Waals surface area contributed by atoms with Gasteiger partial charge in [0.1, 0.15) is 11.3 Å². The van der Waals surface area contributed by atoms with Crippen LogP contribution in [-0.4, -0.2) is 39.6 Å². The minimum atomic E-state index is -0.268. The summed E-state index contributed by atoms with van der Waals surface area (Å²) in [7, 11) is 1.63. The van der Waals surface area contributed by atoms with Crippen LogP contribution in [0, 0.1) is 0 Å². The van der Waals surface area contributed by atoms with Gasteiger partial charge in [-0.2, -0.15) is 4.98 Å². The molecule has 1 unspecified atom stereocenters. The Balaban J connectivity index is 2.04. The van der Waals surface area contributed by atoms with Gasteiger partial charge in [-0.05, 0) is 26.0 Å². The molecule has 0 radical (unpaired) electrons. The Morgan fingerprint density at radius 3 is 3.00 bits per heavy atom. The van der Waals surface area contributed by atoms with Crippen LogP contribution in [0.2, 0.25) is 5.15 Å². The highest BCUT2D eigenvalue weighted by molar-refractivity contribution is 6.32. The van der Waals surface area contributed by atoms with E-state index in [1.165, 1.54) is 11.1 Å². The number of aromatic nitrogens is 3. The number of carbonyl (C=O) groups is 1. The van der Waals surface area contributed by atoms with Crippen LogP contribution in [0.15, 0.2) is 22.9 Å². The Bertz CT molecular complexity index is 647. The van der Waals surface area contributed by atoms with Crippen LogP contribution >= 0.6 is 11.6 Å². The number of hydrogen-bond donors (Lipinski definition) is 0. The number of hydrogen-bond acceptors (Lipinski definition) is 6. The van der Waals surface area contributed by atoms with Crippen molar-refractivity contribution in [3.05, 3.63) is 40.8 Å². The van der Waals surface area contributed by atoms with E-state index in [0.29, 0.717) is 23.9 Å². The van der Waals surface area contributed by atoms with E-state index in [4.69, 9.17) is 20.9 Å². The van der Waals surface area contributed by atoms with Gasteiger partial charge in [-0.15, -0.1) is 0 Å². The first kappa shape index (κ1) is 16.4. The molecule has 0 fully saturated rings. The second-order valence-electron chi connectivity index (χ2n) is 4.65. The molecule has 1 atom stereocenters. The molecule has 0 bridgehead atoms. The molecule has 0 aliphatic rings. The van der Waals surface area contributed by atoms with Gasteiger partial charge < -0.3 is 14.2 Å². The Hall–Kier alpha value is -1.99. The first-order valence-electron chi connectivity index (χ1n) is 6.83. The van der Waals surface area contributed by atoms with Crippen LogP contribution in [0.4, 0.5) is 0 Å². The molecule has 0 N–H and O–H groups in total. The van der Waals surface area contributed by atoms with Crippen molar-refractivity contribution in [3.8, 4) is 0 Å². The van der Waals surface area contributed by atoms with Crippen molar-refractivity contribution in [2.45, 2.75) is 26.5 Å². The van der Waals surface area contributed by atoms with E-state index in [0.717, 1.165) is 0 Å². The van der Waals surface area contributed by atoms with Gasteiger partial charge in [0.15, 0.2) is 5.82 Å². The third kappa shape index (κ3) is 3.80. The quantitative estimate of drug-likeness (QED) is 0.759. The molecular formula is C14H17ClN4O3. The summed E-state index contributed by atoms with van der Waals surface area (Å²) < 4.78 is 10.5. The summed E-state index contributed by atoms with van der Waals surface area (Å²) in [5.41, 5.74) is 0.328. The lowest BCUT2D eigenvalue weighted by atomic mass is 10.2. The number of halogens is 1. The van der Waals surface area contributed by atoms with Crippen molar-refractivity contribution in [3.63, 3.8) is 0 Å². The molecule has 0 spiro atoms. The summed E-state index contributed by atoms with van der Waals surface area (Å²) in [6.07, 6.45) is 1.27. The Morgan fingerprint density at radius 1 is 1.55 bits per heavy atom. The molecule has 0 aromatic carbocycles. The lowest BCUT2D eigenvalue weighted by molar-refractivity contribution is 0.0682. The van der Waals surface area contributed by atoms with E-state index < -0.39 is 0 Å². The number of carbonyl (C=O) groups excluding carboxylic acids is 1. The van der Waals surface area contributed by atoms with Crippen molar-refractivity contribution in [2.75, 3.05) is 13.7 Å². The van der Waals surface area contributed by atoms with E-state index in [9.17, 15) is 4.79 Å². The van der Waals surface area contributed by atoms with Crippen LogP contribution in [0.1, 0.15) is 42.0 Å². The number of nitrogens with zero attached hydrogens (tertiary/aromatic N) is 4. The largest absolute Gasteiger partial charge is 0.371 e. The summed E-state index contributed by atoms with van der Waals surface area (Å²) in [4.78, 5) is 21.8. The molecule has 0 aliphatic carbocycles. The highest BCUT2D eigenvalue weighted by Crippen LogP contribution is 2.16. The fourth-order valence-corrected chi connectivity index (χ4v) is 2.05. The zero-order valence-electron chi connectivity index (χ0n) is 12.6. The summed E-state index contributed by atoms with van der Waals surface area (Å²) >= 11 is 5.92. The van der Waals surface area contributed by atoms with Gasteiger partial charge in [0.25, 0.3) is 5.91 Å². The minimum absolute atomic E-state index is 0.163. The van der Waals surface area contributed by atoms with E-state index >= 15 is 0 Å². The van der Waals surface area contributed by atoms with Crippen LogP contribution < -0.4 is 0 Å². The molecule has 2 aromatic rings. The molecule has 0 saturated carbocycles. The molecule has 2 heterocycles. The monoisotopic (exact) mass is 324 g/mol. The van der Waals surface area contributed by atoms with E-state index in [-0.39, 0.29) is 23.7 Å². The topological polar surface area (TPSA) is 81.4 Å². The van der Waals surface area contributed by atoms with Crippen LogP contribution in [0.25, 0.3) is 0 Å². The maximum absolute atomic E-state index is 12.3. The van der Waals surface area contributed by atoms with Gasteiger partial charge in [0.2, 0.25) is 5.89 Å². The Morgan fingerprint density at radius 2 is 2.32 bits per heavy atom. The van der Waals surface area contributed by atoms with Gasteiger partial charge >= 0.3 is 0 Å². The van der Waals surface area contributed by atoms with E-state index in [2.05, 4.69) is 15.1 Å². The van der Waals surface area contributed by atoms with E-state index in [1.807, 2.05) is 13.8 Å². The maximum atomic E-state index is 12.3. The molecule has 2 rings (SSSR count). The molecule has 7 nitrogen and oxygen atoms in total. The van der Waals surface area contributed by atoms with Crippen LogP contribution in [0.5, 0.6) is 0 Å². The van der Waals surface area contributed by atoms with Gasteiger partial charge in [0, 0.05) is 19.9 Å². The Labute approximate surface area is 133 Å². The molecule has 118 valence electrons. The van der Waals surface area contributed by atoms with Gasteiger partial charge in [0.05, 0.1) is 12.1 Å². The SMILES string of the molecule is CCOC(C)c1noc(CN(C)C(=O)c2cccnc2Cl)n1. The molecule has 8 heteroatoms. The molecule has 22 heavy (non-hydrogen) atoms. The first-order valence-corrected chi connectivity index (χ1v) is 7.20. The van der Waals surface area contributed by atoms with Crippen molar-refractivity contribution in [2.24, 2.45) is 0 Å². The number of amides is 1. The zero-order valence-corrected chi connectivity index (χ0v) is 13.4. The minimum Gasteiger partial charge on any atom is -0.371 e. The maximum Gasteiger partial charge on any atom is 0.257 e. The number of rotatable bonds is 6. The molecule has 1 amide bonds. The van der Waals surface area contributed by atoms with E-state index in [1.54, 1.807) is 19.2 Å². The van der Waals surface area contributed by atoms with Crippen LogP contribution in [-0.2, 0) is 11.3 Å². The summed E-state index contributed by atoms with van der Waals surface area (Å²) in [6.45, 7) is 4.46. The highest BCUT2D eigenvalue weighted by Gasteiger charge is 2.19. The summed E-state index contributed by atoms with van der Waals surface area (Å²) in [5, 5.41) is 4.01. The van der Waals surface area contributed by atoms with Crippen molar-refractivity contribution in [1.29, 1.82) is 0 Å². The van der Waals surface area contributed by atoms with Crippen molar-refractivity contribution >= 4 is 17.5 Å². The highest BCUT2D eigenvalue weighted by atomic mass is 35.5. The van der Waals surface area contributed by atoms with Crippen molar-refractivity contribution in [1.82, 2.24) is 20.0 Å². The summed E-state index contributed by atoms with van der Waals surface area (Å²) in [5.74, 6) is 0.519.